The van der Waals surface area contributed by atoms with Crippen molar-refractivity contribution in [1.82, 2.24) is 0 Å². The van der Waals surface area contributed by atoms with E-state index in [-0.39, 0.29) is 0 Å². The first-order valence-electron chi connectivity index (χ1n) is 20.6. The van der Waals surface area contributed by atoms with Gasteiger partial charge in [0.05, 0.1) is 5.69 Å². The van der Waals surface area contributed by atoms with Crippen molar-refractivity contribution >= 4 is 91.7 Å². The highest BCUT2D eigenvalue weighted by Crippen LogP contribution is 2.46. The second-order valence-electron chi connectivity index (χ2n) is 15.6. The molecule has 0 radical (unpaired) electrons. The van der Waals surface area contributed by atoms with E-state index in [0.29, 0.717) is 0 Å². The van der Waals surface area contributed by atoms with Gasteiger partial charge in [-0.1, -0.05) is 176 Å². The summed E-state index contributed by atoms with van der Waals surface area (Å²) in [5.41, 5.74) is 10.6. The molecule has 0 N–H and O–H groups in total. The highest BCUT2D eigenvalue weighted by atomic mass is 32.1. The van der Waals surface area contributed by atoms with Crippen LogP contribution in [0, 0.1) is 0 Å². The molecule has 0 amide bonds. The van der Waals surface area contributed by atoms with Gasteiger partial charge in [-0.15, -0.1) is 11.3 Å². The third-order valence-corrected chi connectivity index (χ3v) is 13.4. The fourth-order valence-electron chi connectivity index (χ4n) is 9.40. The van der Waals surface area contributed by atoms with Gasteiger partial charge in [0.2, 0.25) is 0 Å². The molecule has 0 aliphatic carbocycles. The van der Waals surface area contributed by atoms with Crippen LogP contribution in [0.4, 0.5) is 17.1 Å². The highest BCUT2D eigenvalue weighted by molar-refractivity contribution is 7.25. The standard InChI is InChI=1S/C58H37NS/c1-2-13-39(14-3-1)47-19-8-10-23-54(47)59(46-32-34-56-53(37-46)50-22-9-11-24-55(50)60-56)45-18-12-17-43(35-45)38-25-27-42(28-26-38)52-36-44-30-29-40-15-4-6-20-48(40)57(44)58-49-21-7-5-16-41(49)31-33-51(52)58/h1-37H. The summed E-state index contributed by atoms with van der Waals surface area (Å²) in [4.78, 5) is 2.43. The minimum absolute atomic E-state index is 1.11. The summed E-state index contributed by atoms with van der Waals surface area (Å²) in [6.07, 6.45) is 0. The largest absolute Gasteiger partial charge is 0.310 e. The van der Waals surface area contributed by atoms with Gasteiger partial charge in [-0.05, 0) is 119 Å². The number of nitrogens with zero attached hydrogens (tertiary/aromatic N) is 1. The fraction of sp³-hybridized carbons (Fsp3) is 0. The van der Waals surface area contributed by atoms with Crippen molar-refractivity contribution in [3.05, 3.63) is 224 Å². The molecule has 0 aliphatic rings. The molecule has 0 fully saturated rings. The van der Waals surface area contributed by atoms with Gasteiger partial charge in [-0.25, -0.2) is 0 Å². The molecule has 0 aliphatic heterocycles. The first-order chi connectivity index (χ1) is 29.7. The topological polar surface area (TPSA) is 3.24 Å². The Bertz CT molecular complexity index is 3600. The zero-order chi connectivity index (χ0) is 39.6. The van der Waals surface area contributed by atoms with Crippen LogP contribution in [0.3, 0.4) is 0 Å². The van der Waals surface area contributed by atoms with E-state index < -0.39 is 0 Å². The van der Waals surface area contributed by atoms with Gasteiger partial charge >= 0.3 is 0 Å². The quantitative estimate of drug-likeness (QED) is 0.152. The molecule has 60 heavy (non-hydrogen) atoms. The Morgan fingerprint density at radius 2 is 0.883 bits per heavy atom. The first kappa shape index (κ1) is 34.5. The molecular weight excluding hydrogens is 743 g/mol. The minimum atomic E-state index is 1.11. The van der Waals surface area contributed by atoms with Gasteiger partial charge in [-0.3, -0.25) is 0 Å². The number of fused-ring (bicyclic) bond motifs is 10. The van der Waals surface area contributed by atoms with E-state index in [0.717, 1.165) is 17.1 Å². The Kier molecular flexibility index (Phi) is 8.11. The van der Waals surface area contributed by atoms with Gasteiger partial charge < -0.3 is 4.90 Å². The SMILES string of the molecule is c1ccc(-c2ccccc2N(c2cccc(-c3ccc(-c4cc5ccc6ccccc6c5c5c4ccc4ccccc45)cc3)c2)c2ccc3sc4ccccc4c3c2)cc1. The number of anilines is 3. The molecule has 1 nitrogen and oxygen atoms in total. The summed E-state index contributed by atoms with van der Waals surface area (Å²) in [6, 6.07) is 82.5. The maximum Gasteiger partial charge on any atom is 0.0540 e. The molecule has 0 unspecified atom stereocenters. The summed E-state index contributed by atoms with van der Waals surface area (Å²) in [7, 11) is 0. The number of hydrogen-bond donors (Lipinski definition) is 0. The summed E-state index contributed by atoms with van der Waals surface area (Å²) < 4.78 is 2.61. The number of rotatable bonds is 6. The number of hydrogen-bond acceptors (Lipinski definition) is 2. The lowest BCUT2D eigenvalue weighted by Gasteiger charge is -2.28. The second-order valence-corrected chi connectivity index (χ2v) is 16.7. The van der Waals surface area contributed by atoms with Crippen LogP contribution in [0.5, 0.6) is 0 Å². The maximum atomic E-state index is 2.43. The van der Waals surface area contributed by atoms with Crippen LogP contribution in [-0.2, 0) is 0 Å². The normalized spacial score (nSPS) is 11.7. The summed E-state index contributed by atoms with van der Waals surface area (Å²) in [5, 5.41) is 12.9. The van der Waals surface area contributed by atoms with Crippen LogP contribution in [0.25, 0.3) is 96.6 Å². The average molecular weight is 780 g/mol. The van der Waals surface area contributed by atoms with Gasteiger partial charge in [0.15, 0.2) is 0 Å². The Labute approximate surface area is 352 Å². The Hall–Kier alpha value is -7.52. The Balaban J connectivity index is 0.999. The van der Waals surface area contributed by atoms with Crippen LogP contribution < -0.4 is 4.90 Å². The molecule has 1 aromatic heterocycles. The highest BCUT2D eigenvalue weighted by Gasteiger charge is 2.20. The zero-order valence-electron chi connectivity index (χ0n) is 32.7. The lowest BCUT2D eigenvalue weighted by atomic mass is 9.88. The van der Waals surface area contributed by atoms with Crippen molar-refractivity contribution in [2.75, 3.05) is 4.90 Å². The van der Waals surface area contributed by atoms with E-state index in [4.69, 9.17) is 0 Å². The van der Waals surface area contributed by atoms with Crippen molar-refractivity contribution in [3.8, 4) is 33.4 Å². The first-order valence-corrected chi connectivity index (χ1v) is 21.4. The average Bonchev–Trinajstić information content (AvgIpc) is 3.70. The number of benzene rings is 11. The third kappa shape index (κ3) is 5.68. The summed E-state index contributed by atoms with van der Waals surface area (Å²) in [6.45, 7) is 0. The number of thiophene rings is 1. The molecule has 0 bridgehead atoms. The molecule has 2 heteroatoms. The molecule has 11 aromatic carbocycles. The third-order valence-electron chi connectivity index (χ3n) is 12.2. The van der Waals surface area contributed by atoms with Crippen LogP contribution in [-0.4, -0.2) is 0 Å². The monoisotopic (exact) mass is 779 g/mol. The van der Waals surface area contributed by atoms with Crippen molar-refractivity contribution in [1.29, 1.82) is 0 Å². The van der Waals surface area contributed by atoms with Crippen molar-refractivity contribution in [3.63, 3.8) is 0 Å². The predicted molar refractivity (Wildman–Crippen MR) is 260 cm³/mol. The van der Waals surface area contributed by atoms with Crippen molar-refractivity contribution < 1.29 is 0 Å². The van der Waals surface area contributed by atoms with Gasteiger partial charge in [0.1, 0.15) is 0 Å². The van der Waals surface area contributed by atoms with Gasteiger partial charge in [0, 0.05) is 37.1 Å². The molecule has 12 rings (SSSR count). The van der Waals surface area contributed by atoms with Crippen molar-refractivity contribution in [2.45, 2.75) is 0 Å². The molecule has 0 spiro atoms. The predicted octanol–water partition coefficient (Wildman–Crippen LogP) is 17.1. The van der Waals surface area contributed by atoms with Crippen molar-refractivity contribution in [2.24, 2.45) is 0 Å². The Morgan fingerprint density at radius 1 is 0.283 bits per heavy atom. The van der Waals surface area contributed by atoms with Gasteiger partial charge in [0.25, 0.3) is 0 Å². The van der Waals surface area contributed by atoms with Gasteiger partial charge in [-0.2, -0.15) is 0 Å². The lowest BCUT2D eigenvalue weighted by Crippen LogP contribution is -2.11. The molecule has 280 valence electrons. The molecule has 0 atom stereocenters. The van der Waals surface area contributed by atoms with E-state index in [1.807, 2.05) is 11.3 Å². The molecule has 0 saturated carbocycles. The lowest BCUT2D eigenvalue weighted by molar-refractivity contribution is 1.29. The van der Waals surface area contributed by atoms with E-state index in [9.17, 15) is 0 Å². The maximum absolute atomic E-state index is 2.43. The summed E-state index contributed by atoms with van der Waals surface area (Å²) >= 11 is 1.86. The van der Waals surface area contributed by atoms with E-state index in [1.54, 1.807) is 0 Å². The Morgan fingerprint density at radius 3 is 1.72 bits per heavy atom. The van der Waals surface area contributed by atoms with Crippen LogP contribution in [0.15, 0.2) is 224 Å². The molecule has 1 heterocycles. The van der Waals surface area contributed by atoms with E-state index >= 15 is 0 Å². The molecule has 0 saturated heterocycles. The van der Waals surface area contributed by atoms with E-state index in [1.165, 1.54) is 96.6 Å². The molecule has 12 aromatic rings. The van der Waals surface area contributed by atoms with Crippen LogP contribution in [0.2, 0.25) is 0 Å². The van der Waals surface area contributed by atoms with Crippen LogP contribution >= 0.6 is 11.3 Å². The van der Waals surface area contributed by atoms with E-state index in [2.05, 4.69) is 229 Å². The second kappa shape index (κ2) is 14.1. The summed E-state index contributed by atoms with van der Waals surface area (Å²) in [5.74, 6) is 0. The molecular formula is C58H37NS. The minimum Gasteiger partial charge on any atom is -0.310 e. The zero-order valence-corrected chi connectivity index (χ0v) is 33.5. The number of para-hydroxylation sites is 1. The smallest absolute Gasteiger partial charge is 0.0540 e. The fourth-order valence-corrected chi connectivity index (χ4v) is 10.5. The van der Waals surface area contributed by atoms with Crippen LogP contribution in [0.1, 0.15) is 0 Å².